The fraction of sp³-hybridized carbons (Fsp3) is 0.200. The first kappa shape index (κ1) is 15.0. The standard InChI is InChI=1S/C15H14N2O3S/c1-20-13-8-3-2-7-12(13)14(19)17-15-16-10-11(21-15)6-4-5-9-18/h2-3,7-8,10,18H,5,9H2,1H3,(H,16,17,19). The maximum atomic E-state index is 12.2. The number of aliphatic hydroxyl groups excluding tert-OH is 1. The average Bonchev–Trinajstić information content (AvgIpc) is 2.95. The SMILES string of the molecule is COc1ccccc1C(=O)Nc1ncc(C#CCCO)s1. The highest BCUT2D eigenvalue weighted by molar-refractivity contribution is 7.16. The van der Waals surface area contributed by atoms with E-state index in [9.17, 15) is 4.79 Å². The summed E-state index contributed by atoms with van der Waals surface area (Å²) in [6.45, 7) is 0.0310. The van der Waals surface area contributed by atoms with Crippen LogP contribution in [-0.4, -0.2) is 29.7 Å². The number of nitrogens with one attached hydrogen (secondary N) is 1. The van der Waals surface area contributed by atoms with Crippen LogP contribution in [0.1, 0.15) is 21.7 Å². The van der Waals surface area contributed by atoms with Gasteiger partial charge in [-0.05, 0) is 12.1 Å². The van der Waals surface area contributed by atoms with E-state index in [1.807, 2.05) is 0 Å². The van der Waals surface area contributed by atoms with Crippen molar-refractivity contribution in [3.8, 4) is 17.6 Å². The summed E-state index contributed by atoms with van der Waals surface area (Å²) in [7, 11) is 1.52. The molecular weight excluding hydrogens is 288 g/mol. The Bertz CT molecular complexity index is 685. The zero-order valence-corrected chi connectivity index (χ0v) is 12.2. The number of methoxy groups -OCH3 is 1. The van der Waals surface area contributed by atoms with Gasteiger partial charge in [0.15, 0.2) is 5.13 Å². The lowest BCUT2D eigenvalue weighted by atomic mass is 10.2. The van der Waals surface area contributed by atoms with Gasteiger partial charge < -0.3 is 9.84 Å². The fourth-order valence-corrected chi connectivity index (χ4v) is 2.28. The molecule has 0 radical (unpaired) electrons. The second kappa shape index (κ2) is 7.43. The average molecular weight is 302 g/mol. The largest absolute Gasteiger partial charge is 0.496 e. The molecule has 6 heteroatoms. The molecule has 0 atom stereocenters. The molecule has 2 N–H and O–H groups in total. The van der Waals surface area contributed by atoms with Gasteiger partial charge in [0.2, 0.25) is 0 Å². The van der Waals surface area contributed by atoms with Crippen molar-refractivity contribution in [2.75, 3.05) is 19.0 Å². The number of ether oxygens (including phenoxy) is 1. The maximum Gasteiger partial charge on any atom is 0.261 e. The normalized spacial score (nSPS) is 9.62. The van der Waals surface area contributed by atoms with Crippen LogP contribution in [0.4, 0.5) is 5.13 Å². The summed E-state index contributed by atoms with van der Waals surface area (Å²) < 4.78 is 5.15. The number of hydrogen-bond donors (Lipinski definition) is 2. The summed E-state index contributed by atoms with van der Waals surface area (Å²) in [5.74, 6) is 5.91. The third-order valence-corrected chi connectivity index (χ3v) is 3.35. The third-order valence-electron chi connectivity index (χ3n) is 2.53. The van der Waals surface area contributed by atoms with Gasteiger partial charge in [0.05, 0.1) is 30.4 Å². The molecule has 1 amide bonds. The molecule has 21 heavy (non-hydrogen) atoms. The highest BCUT2D eigenvalue weighted by Gasteiger charge is 2.13. The molecule has 1 aromatic heterocycles. The minimum atomic E-state index is -0.281. The summed E-state index contributed by atoms with van der Waals surface area (Å²) in [5.41, 5.74) is 0.447. The molecule has 2 aromatic rings. The quantitative estimate of drug-likeness (QED) is 0.849. The van der Waals surface area contributed by atoms with Crippen molar-refractivity contribution < 1.29 is 14.6 Å². The van der Waals surface area contributed by atoms with Gasteiger partial charge in [-0.15, -0.1) is 0 Å². The smallest absolute Gasteiger partial charge is 0.261 e. The molecule has 0 aliphatic rings. The van der Waals surface area contributed by atoms with Crippen LogP contribution in [-0.2, 0) is 0 Å². The summed E-state index contributed by atoms with van der Waals surface area (Å²) in [4.78, 5) is 17.0. The summed E-state index contributed by atoms with van der Waals surface area (Å²) in [6, 6.07) is 6.98. The molecule has 0 spiro atoms. The number of nitrogens with zero attached hydrogens (tertiary/aromatic N) is 1. The maximum absolute atomic E-state index is 12.2. The first-order valence-corrected chi connectivity index (χ1v) is 7.06. The number of rotatable bonds is 4. The Morgan fingerprint density at radius 1 is 1.48 bits per heavy atom. The van der Waals surface area contributed by atoms with Gasteiger partial charge in [-0.25, -0.2) is 4.98 Å². The Balaban J connectivity index is 2.08. The second-order valence-electron chi connectivity index (χ2n) is 3.96. The van der Waals surface area contributed by atoms with E-state index < -0.39 is 0 Å². The lowest BCUT2D eigenvalue weighted by Crippen LogP contribution is -2.12. The zero-order valence-electron chi connectivity index (χ0n) is 11.4. The highest BCUT2D eigenvalue weighted by atomic mass is 32.1. The Labute approximate surface area is 126 Å². The van der Waals surface area contributed by atoms with Crippen molar-refractivity contribution in [1.29, 1.82) is 0 Å². The number of aromatic nitrogens is 1. The van der Waals surface area contributed by atoms with Crippen LogP contribution < -0.4 is 10.1 Å². The van der Waals surface area contributed by atoms with Gasteiger partial charge in [0.25, 0.3) is 5.91 Å². The van der Waals surface area contributed by atoms with E-state index in [0.717, 1.165) is 4.88 Å². The molecule has 2 rings (SSSR count). The van der Waals surface area contributed by atoms with Crippen molar-refractivity contribution in [2.45, 2.75) is 6.42 Å². The number of aliphatic hydroxyl groups is 1. The molecule has 1 aromatic carbocycles. The van der Waals surface area contributed by atoms with Crippen LogP contribution in [0.15, 0.2) is 30.5 Å². The monoisotopic (exact) mass is 302 g/mol. The van der Waals surface area contributed by atoms with E-state index in [4.69, 9.17) is 9.84 Å². The Hall–Kier alpha value is -2.36. The number of benzene rings is 1. The van der Waals surface area contributed by atoms with E-state index in [1.165, 1.54) is 18.4 Å². The minimum Gasteiger partial charge on any atom is -0.496 e. The van der Waals surface area contributed by atoms with Crippen molar-refractivity contribution in [1.82, 2.24) is 4.98 Å². The Morgan fingerprint density at radius 3 is 3.05 bits per heavy atom. The van der Waals surface area contributed by atoms with Crippen molar-refractivity contribution in [3.05, 3.63) is 40.9 Å². The van der Waals surface area contributed by atoms with Gasteiger partial charge in [-0.2, -0.15) is 0 Å². The Kier molecular flexibility index (Phi) is 5.32. The molecule has 0 saturated heterocycles. The lowest BCUT2D eigenvalue weighted by Gasteiger charge is -2.06. The number of carbonyl (C=O) groups is 1. The molecule has 0 bridgehead atoms. The molecule has 0 unspecified atom stereocenters. The topological polar surface area (TPSA) is 71.5 Å². The van der Waals surface area contributed by atoms with Crippen LogP contribution in [0.5, 0.6) is 5.75 Å². The number of hydrogen-bond acceptors (Lipinski definition) is 5. The van der Waals surface area contributed by atoms with Crippen molar-refractivity contribution >= 4 is 22.4 Å². The van der Waals surface area contributed by atoms with E-state index in [0.29, 0.717) is 22.9 Å². The van der Waals surface area contributed by atoms with Crippen LogP contribution >= 0.6 is 11.3 Å². The molecule has 0 aliphatic heterocycles. The van der Waals surface area contributed by atoms with Gasteiger partial charge in [0, 0.05) is 6.42 Å². The highest BCUT2D eigenvalue weighted by Crippen LogP contribution is 2.21. The molecule has 0 aliphatic carbocycles. The van der Waals surface area contributed by atoms with Crippen LogP contribution in [0.25, 0.3) is 0 Å². The summed E-state index contributed by atoms with van der Waals surface area (Å²) >= 11 is 1.28. The molecule has 108 valence electrons. The number of amides is 1. The number of anilines is 1. The minimum absolute atomic E-state index is 0.0310. The van der Waals surface area contributed by atoms with Crippen LogP contribution in [0.3, 0.4) is 0 Å². The van der Waals surface area contributed by atoms with Gasteiger partial charge in [-0.3, -0.25) is 10.1 Å². The number of thiazole rings is 1. The molecule has 1 heterocycles. The van der Waals surface area contributed by atoms with E-state index in [1.54, 1.807) is 30.5 Å². The van der Waals surface area contributed by atoms with Crippen LogP contribution in [0, 0.1) is 11.8 Å². The van der Waals surface area contributed by atoms with Gasteiger partial charge in [0.1, 0.15) is 5.75 Å². The van der Waals surface area contributed by atoms with Gasteiger partial charge >= 0.3 is 0 Å². The summed E-state index contributed by atoms with van der Waals surface area (Å²) in [6.07, 6.45) is 2.01. The molecule has 5 nitrogen and oxygen atoms in total. The fourth-order valence-electron chi connectivity index (χ4n) is 1.59. The molecule has 0 fully saturated rings. The van der Waals surface area contributed by atoms with E-state index in [2.05, 4.69) is 22.1 Å². The molecule has 0 saturated carbocycles. The lowest BCUT2D eigenvalue weighted by molar-refractivity contribution is 0.102. The first-order valence-electron chi connectivity index (χ1n) is 6.24. The molecular formula is C15H14N2O3S. The zero-order chi connectivity index (χ0) is 15.1. The predicted octanol–water partition coefficient (Wildman–Crippen LogP) is 2.14. The second-order valence-corrected chi connectivity index (χ2v) is 4.99. The van der Waals surface area contributed by atoms with E-state index >= 15 is 0 Å². The van der Waals surface area contributed by atoms with Crippen molar-refractivity contribution in [2.24, 2.45) is 0 Å². The Morgan fingerprint density at radius 2 is 2.29 bits per heavy atom. The summed E-state index contributed by atoms with van der Waals surface area (Å²) in [5, 5.41) is 11.8. The van der Waals surface area contributed by atoms with Gasteiger partial charge in [-0.1, -0.05) is 35.3 Å². The third kappa shape index (κ3) is 4.05. The van der Waals surface area contributed by atoms with E-state index in [-0.39, 0.29) is 12.5 Å². The first-order chi connectivity index (χ1) is 10.2. The number of para-hydroxylation sites is 1. The van der Waals surface area contributed by atoms with Crippen LogP contribution in [0.2, 0.25) is 0 Å². The predicted molar refractivity (Wildman–Crippen MR) is 81.6 cm³/mol. The number of carbonyl (C=O) groups excluding carboxylic acids is 1. The van der Waals surface area contributed by atoms with Crippen molar-refractivity contribution in [3.63, 3.8) is 0 Å².